The van der Waals surface area contributed by atoms with Crippen LogP contribution in [-0.2, 0) is 9.53 Å². The first-order valence-electron chi connectivity index (χ1n) is 10.0. The maximum Gasteiger partial charge on any atom is 0.338 e. The molecule has 0 heterocycles. The lowest BCUT2D eigenvalue weighted by Crippen LogP contribution is -2.13. The first-order chi connectivity index (χ1) is 14.6. The summed E-state index contributed by atoms with van der Waals surface area (Å²) in [7, 11) is 0. The molecule has 1 amide bonds. The van der Waals surface area contributed by atoms with E-state index in [4.69, 9.17) is 9.47 Å². The lowest BCUT2D eigenvalue weighted by atomic mass is 10.1. The van der Waals surface area contributed by atoms with E-state index in [0.717, 1.165) is 30.6 Å². The fourth-order valence-electron chi connectivity index (χ4n) is 2.62. The van der Waals surface area contributed by atoms with Gasteiger partial charge in [-0.05, 0) is 61.4 Å². The van der Waals surface area contributed by atoms with Crippen LogP contribution in [0.25, 0.3) is 6.08 Å². The van der Waals surface area contributed by atoms with Crippen molar-refractivity contribution >= 4 is 23.6 Å². The van der Waals surface area contributed by atoms with E-state index in [1.165, 1.54) is 6.08 Å². The molecule has 0 radical (unpaired) electrons. The van der Waals surface area contributed by atoms with Crippen LogP contribution < -0.4 is 10.1 Å². The van der Waals surface area contributed by atoms with Crippen LogP contribution in [0.5, 0.6) is 5.75 Å². The van der Waals surface area contributed by atoms with Crippen molar-refractivity contribution in [1.29, 1.82) is 5.26 Å². The number of hydrogen-bond acceptors (Lipinski definition) is 5. The second-order valence-electron chi connectivity index (χ2n) is 6.55. The van der Waals surface area contributed by atoms with Gasteiger partial charge in [0.15, 0.2) is 0 Å². The average Bonchev–Trinajstić information content (AvgIpc) is 2.76. The Bertz CT molecular complexity index is 910. The van der Waals surface area contributed by atoms with Gasteiger partial charge in [0.2, 0.25) is 0 Å². The number of nitrogens with one attached hydrogen (secondary N) is 1. The number of anilines is 1. The van der Waals surface area contributed by atoms with E-state index in [0.29, 0.717) is 24.5 Å². The Morgan fingerprint density at radius 1 is 1.03 bits per heavy atom. The van der Waals surface area contributed by atoms with Gasteiger partial charge in [-0.15, -0.1) is 0 Å². The van der Waals surface area contributed by atoms with E-state index < -0.39 is 11.9 Å². The number of esters is 1. The molecule has 2 rings (SSSR count). The smallest absolute Gasteiger partial charge is 0.338 e. The lowest BCUT2D eigenvalue weighted by molar-refractivity contribution is -0.112. The van der Waals surface area contributed by atoms with E-state index in [2.05, 4.69) is 12.2 Å². The summed E-state index contributed by atoms with van der Waals surface area (Å²) in [6.07, 6.45) is 4.80. The molecule has 0 fully saturated rings. The molecule has 0 aliphatic rings. The number of benzene rings is 2. The molecule has 6 nitrogen and oxygen atoms in total. The molecule has 156 valence electrons. The summed E-state index contributed by atoms with van der Waals surface area (Å²) in [5.41, 5.74) is 1.56. The van der Waals surface area contributed by atoms with Crippen LogP contribution in [0.4, 0.5) is 5.69 Å². The first kappa shape index (κ1) is 22.7. The molecule has 0 atom stereocenters. The highest BCUT2D eigenvalue weighted by Crippen LogP contribution is 2.17. The van der Waals surface area contributed by atoms with Gasteiger partial charge in [-0.25, -0.2) is 4.79 Å². The molecule has 0 saturated carbocycles. The Labute approximate surface area is 177 Å². The molecule has 2 aromatic carbocycles. The van der Waals surface area contributed by atoms with Crippen molar-refractivity contribution in [3.05, 3.63) is 65.2 Å². The van der Waals surface area contributed by atoms with Gasteiger partial charge in [0.1, 0.15) is 17.4 Å². The predicted octanol–water partition coefficient (Wildman–Crippen LogP) is 4.98. The average molecular weight is 406 g/mol. The number of amides is 1. The minimum Gasteiger partial charge on any atom is -0.494 e. The van der Waals surface area contributed by atoms with Crippen molar-refractivity contribution in [1.82, 2.24) is 0 Å². The Morgan fingerprint density at radius 3 is 2.33 bits per heavy atom. The minimum absolute atomic E-state index is 0.0268. The summed E-state index contributed by atoms with van der Waals surface area (Å²) in [4.78, 5) is 24.1. The third kappa shape index (κ3) is 7.10. The topological polar surface area (TPSA) is 88.4 Å². The van der Waals surface area contributed by atoms with Crippen molar-refractivity contribution < 1.29 is 19.1 Å². The number of hydrogen-bond donors (Lipinski definition) is 1. The summed E-state index contributed by atoms with van der Waals surface area (Å²) < 4.78 is 10.6. The van der Waals surface area contributed by atoms with Crippen molar-refractivity contribution in [3.63, 3.8) is 0 Å². The van der Waals surface area contributed by atoms with Crippen LogP contribution in [-0.4, -0.2) is 25.1 Å². The van der Waals surface area contributed by atoms with Gasteiger partial charge in [0.25, 0.3) is 5.91 Å². The Morgan fingerprint density at radius 2 is 1.73 bits per heavy atom. The minimum atomic E-state index is -0.527. The van der Waals surface area contributed by atoms with E-state index in [1.54, 1.807) is 43.3 Å². The lowest BCUT2D eigenvalue weighted by Gasteiger charge is -2.07. The molecule has 0 unspecified atom stereocenters. The highest BCUT2D eigenvalue weighted by Gasteiger charge is 2.11. The van der Waals surface area contributed by atoms with E-state index >= 15 is 0 Å². The number of nitrogens with zero attached hydrogens (tertiary/aromatic N) is 1. The van der Waals surface area contributed by atoms with Crippen molar-refractivity contribution in [3.8, 4) is 11.8 Å². The standard InChI is InChI=1S/C24H26N2O4/c1-3-5-6-15-30-22-13-7-18(8-14-22)16-20(17-25)23(27)26-21-11-9-19(10-12-21)24(28)29-4-2/h7-14,16H,3-6,15H2,1-2H3,(H,26,27)/b20-16+. The summed E-state index contributed by atoms with van der Waals surface area (Å²) >= 11 is 0. The quantitative estimate of drug-likeness (QED) is 0.260. The molecule has 0 aliphatic carbocycles. The van der Waals surface area contributed by atoms with Gasteiger partial charge >= 0.3 is 5.97 Å². The van der Waals surface area contributed by atoms with Crippen LogP contribution in [0, 0.1) is 11.3 Å². The highest BCUT2D eigenvalue weighted by atomic mass is 16.5. The predicted molar refractivity (Wildman–Crippen MR) is 116 cm³/mol. The van der Waals surface area contributed by atoms with Gasteiger partial charge in [0, 0.05) is 5.69 Å². The van der Waals surface area contributed by atoms with Crippen LogP contribution >= 0.6 is 0 Å². The molecule has 0 aromatic heterocycles. The van der Waals surface area contributed by atoms with Crippen molar-refractivity contribution in [2.24, 2.45) is 0 Å². The van der Waals surface area contributed by atoms with Gasteiger partial charge < -0.3 is 14.8 Å². The molecule has 1 N–H and O–H groups in total. The molecule has 6 heteroatoms. The number of carbonyl (C=O) groups excluding carboxylic acids is 2. The third-order valence-corrected chi connectivity index (χ3v) is 4.23. The summed E-state index contributed by atoms with van der Waals surface area (Å²) in [5.74, 6) is -0.194. The number of unbranched alkanes of at least 4 members (excludes halogenated alkanes) is 2. The third-order valence-electron chi connectivity index (χ3n) is 4.23. The van der Waals surface area contributed by atoms with Gasteiger partial charge in [0.05, 0.1) is 18.8 Å². The monoisotopic (exact) mass is 406 g/mol. The highest BCUT2D eigenvalue weighted by molar-refractivity contribution is 6.09. The molecule has 30 heavy (non-hydrogen) atoms. The Hall–Kier alpha value is -3.59. The molecular formula is C24H26N2O4. The fraction of sp³-hybridized carbons (Fsp3) is 0.292. The number of nitriles is 1. The summed E-state index contributed by atoms with van der Waals surface area (Å²) in [6.45, 7) is 4.84. The van der Waals surface area contributed by atoms with Crippen LogP contribution in [0.15, 0.2) is 54.1 Å². The zero-order chi connectivity index (χ0) is 21.8. The first-order valence-corrected chi connectivity index (χ1v) is 10.0. The molecule has 0 bridgehead atoms. The van der Waals surface area contributed by atoms with Crippen molar-refractivity contribution in [2.45, 2.75) is 33.1 Å². The number of carbonyl (C=O) groups is 2. The largest absolute Gasteiger partial charge is 0.494 e. The van der Waals surface area contributed by atoms with E-state index in [1.807, 2.05) is 18.2 Å². The Kier molecular flexibility index (Phi) is 9.14. The van der Waals surface area contributed by atoms with Crippen molar-refractivity contribution in [2.75, 3.05) is 18.5 Å². The van der Waals surface area contributed by atoms with Gasteiger partial charge in [-0.2, -0.15) is 5.26 Å². The fourth-order valence-corrected chi connectivity index (χ4v) is 2.62. The molecule has 0 spiro atoms. The Balaban J connectivity index is 1.99. The summed E-state index contributed by atoms with van der Waals surface area (Å²) in [6, 6.07) is 15.4. The van der Waals surface area contributed by atoms with Crippen LogP contribution in [0.3, 0.4) is 0 Å². The second-order valence-corrected chi connectivity index (χ2v) is 6.55. The maximum absolute atomic E-state index is 12.4. The van der Waals surface area contributed by atoms with Gasteiger partial charge in [-0.3, -0.25) is 4.79 Å². The zero-order valence-electron chi connectivity index (χ0n) is 17.3. The van der Waals surface area contributed by atoms with Crippen LogP contribution in [0.2, 0.25) is 0 Å². The van der Waals surface area contributed by atoms with E-state index in [9.17, 15) is 14.9 Å². The van der Waals surface area contributed by atoms with Gasteiger partial charge in [-0.1, -0.05) is 31.9 Å². The normalized spacial score (nSPS) is 10.8. The molecule has 2 aromatic rings. The second kappa shape index (κ2) is 12.1. The van der Waals surface area contributed by atoms with Crippen LogP contribution in [0.1, 0.15) is 49.0 Å². The number of rotatable bonds is 10. The zero-order valence-corrected chi connectivity index (χ0v) is 17.3. The SMILES string of the molecule is CCCCCOc1ccc(/C=C(\C#N)C(=O)Nc2ccc(C(=O)OCC)cc2)cc1. The summed E-state index contributed by atoms with van der Waals surface area (Å²) in [5, 5.41) is 12.0. The number of ether oxygens (including phenoxy) is 2. The maximum atomic E-state index is 12.4. The molecular weight excluding hydrogens is 380 g/mol. The molecule has 0 aliphatic heterocycles. The molecule has 0 saturated heterocycles. The van der Waals surface area contributed by atoms with E-state index in [-0.39, 0.29) is 5.57 Å².